The maximum Gasteiger partial charge on any atom is 0.540 e. The normalized spacial score (nSPS) is 18.0. The molecule has 2 N–H and O–H groups in total. The summed E-state index contributed by atoms with van der Waals surface area (Å²) in [5.74, 6) is 0.613. The first-order valence-electron chi connectivity index (χ1n) is 19.4. The van der Waals surface area contributed by atoms with Crippen LogP contribution in [0.1, 0.15) is 45.3 Å². The van der Waals surface area contributed by atoms with E-state index in [1.807, 2.05) is 54.6 Å². The van der Waals surface area contributed by atoms with Crippen LogP contribution in [-0.4, -0.2) is 73.2 Å². The number of ether oxygens (including phenoxy) is 7. The number of pyridine rings is 1. The van der Waals surface area contributed by atoms with Crippen LogP contribution in [0.5, 0.6) is 17.2 Å². The van der Waals surface area contributed by atoms with Gasteiger partial charge in [-0.3, -0.25) is 14.3 Å². The molecule has 1 fully saturated rings. The molecule has 1 aliphatic heterocycles. The largest absolute Gasteiger partial charge is 0.618 e. The Bertz CT molecular complexity index is 2560. The zero-order valence-corrected chi connectivity index (χ0v) is 35.1. The van der Waals surface area contributed by atoms with Crippen molar-refractivity contribution in [3.05, 3.63) is 194 Å². The van der Waals surface area contributed by atoms with E-state index < -0.39 is 68.0 Å². The number of benzene rings is 4. The van der Waals surface area contributed by atoms with Gasteiger partial charge >= 0.3 is 19.7 Å². The van der Waals surface area contributed by atoms with Gasteiger partial charge in [-0.1, -0.05) is 72.8 Å². The molecule has 326 valence electrons. The van der Waals surface area contributed by atoms with Gasteiger partial charge in [0.25, 0.3) is 23.9 Å². The van der Waals surface area contributed by atoms with Crippen molar-refractivity contribution in [2.45, 2.75) is 36.4 Å². The Morgan fingerprint density at radius 2 is 1.41 bits per heavy atom. The Kier molecular flexibility index (Phi) is 14.1. The summed E-state index contributed by atoms with van der Waals surface area (Å²) in [5.41, 5.74) is -1.04. The van der Waals surface area contributed by atoms with Crippen LogP contribution in [0.3, 0.4) is 0 Å². The van der Waals surface area contributed by atoms with Crippen LogP contribution < -0.4 is 30.2 Å². The zero-order chi connectivity index (χ0) is 44.5. The number of H-pyrrole nitrogens is 1. The van der Waals surface area contributed by atoms with Crippen molar-refractivity contribution in [3.63, 3.8) is 0 Å². The fourth-order valence-corrected chi connectivity index (χ4v) is 7.89. The molecular weight excluding hydrogens is 837 g/mol. The highest BCUT2D eigenvalue weighted by Crippen LogP contribution is 2.44. The highest BCUT2D eigenvalue weighted by Gasteiger charge is 2.52. The summed E-state index contributed by atoms with van der Waals surface area (Å²) in [6.07, 6.45) is -5.89. The molecule has 2 unspecified atom stereocenters. The molecule has 63 heavy (non-hydrogen) atoms. The number of nitrogens with zero attached hydrogens (tertiary/aromatic N) is 2. The predicted octanol–water partition coefficient (Wildman–Crippen LogP) is 5.12. The molecule has 1 saturated heterocycles. The number of carbonyl (C=O) groups is 1. The van der Waals surface area contributed by atoms with Gasteiger partial charge in [-0.15, -0.1) is 4.52 Å². The summed E-state index contributed by atoms with van der Waals surface area (Å²) in [5, 5.41) is 23.3. The van der Waals surface area contributed by atoms with Crippen LogP contribution in [0.4, 0.5) is 0 Å². The highest BCUT2D eigenvalue weighted by atomic mass is 31.1. The number of hydrogen-bond donors (Lipinski definition) is 2. The molecule has 0 amide bonds. The van der Waals surface area contributed by atoms with E-state index in [-0.39, 0.29) is 23.6 Å². The van der Waals surface area contributed by atoms with E-state index in [1.54, 1.807) is 56.7 Å². The first kappa shape index (κ1) is 44.3. The van der Waals surface area contributed by atoms with Crippen LogP contribution >= 0.6 is 8.03 Å². The number of carbonyl (C=O) groups excluding carboxylic acids is 1. The topological polar surface area (TPSA) is 210 Å². The third-order valence-electron chi connectivity index (χ3n) is 10.3. The maximum absolute atomic E-state index is 13.8. The van der Waals surface area contributed by atoms with Gasteiger partial charge < -0.3 is 43.5 Å². The molecule has 1 aliphatic rings. The average molecular weight is 881 g/mol. The molecule has 18 heteroatoms. The summed E-state index contributed by atoms with van der Waals surface area (Å²) in [6.45, 7) is -0.328. The maximum atomic E-state index is 13.8. The van der Waals surface area contributed by atoms with Crippen molar-refractivity contribution < 1.29 is 56.9 Å². The molecule has 2 aromatic heterocycles. The zero-order valence-electron chi connectivity index (χ0n) is 34.2. The lowest BCUT2D eigenvalue weighted by molar-refractivity contribution is -0.622. The lowest BCUT2D eigenvalue weighted by Crippen LogP contribution is -2.43. The summed E-state index contributed by atoms with van der Waals surface area (Å²) in [7, 11) is 1.57. The molecule has 7 rings (SSSR count). The smallest absolute Gasteiger partial charge is 0.540 e. The van der Waals surface area contributed by atoms with Crippen LogP contribution in [0, 0.1) is 5.21 Å². The van der Waals surface area contributed by atoms with E-state index in [0.717, 1.165) is 16.8 Å². The van der Waals surface area contributed by atoms with Crippen molar-refractivity contribution in [1.82, 2.24) is 9.55 Å². The number of aliphatic hydroxyl groups excluding tert-OH is 1. The van der Waals surface area contributed by atoms with Crippen LogP contribution in [0.15, 0.2) is 149 Å². The second kappa shape index (κ2) is 20.0. The molecule has 0 radical (unpaired) electrons. The van der Waals surface area contributed by atoms with Crippen LogP contribution in [-0.2, 0) is 33.6 Å². The Balaban J connectivity index is 1.30. The van der Waals surface area contributed by atoms with Gasteiger partial charge in [0.1, 0.15) is 35.1 Å². The number of aromatic nitrogens is 3. The number of aromatic amines is 1. The van der Waals surface area contributed by atoms with Crippen molar-refractivity contribution in [3.8, 4) is 17.2 Å². The van der Waals surface area contributed by atoms with Gasteiger partial charge in [-0.2, -0.15) is 4.73 Å². The molecule has 3 heterocycles. The van der Waals surface area contributed by atoms with E-state index >= 15 is 0 Å². The van der Waals surface area contributed by atoms with Crippen molar-refractivity contribution in [2.24, 2.45) is 0 Å². The molecule has 0 bridgehead atoms. The van der Waals surface area contributed by atoms with Crippen LogP contribution in [0.2, 0.25) is 0 Å². The van der Waals surface area contributed by atoms with Crippen molar-refractivity contribution in [2.75, 3.05) is 34.3 Å². The average Bonchev–Trinajstić information content (AvgIpc) is 3.65. The number of esters is 1. The third-order valence-corrected chi connectivity index (χ3v) is 11.1. The second-order valence-electron chi connectivity index (χ2n) is 14.0. The first-order chi connectivity index (χ1) is 30.5. The Morgan fingerprint density at radius 3 is 2.00 bits per heavy atom. The van der Waals surface area contributed by atoms with E-state index in [2.05, 4.69) is 4.98 Å². The molecular formula is C45H43N3O14P+. The SMILES string of the molecule is COc1ccc(C(OC[C@H]2O[C@@H](n3ccc(=O)[nH]c3=O)[C@H](OC(=O)c3ccccc3)[C@@H]2OC[P+](=O)OC(O)c2cc(OC)cc[n+]2[O-])(c2ccccc2)c2ccc(OC)cc2)cc1. The van der Waals surface area contributed by atoms with E-state index in [0.29, 0.717) is 32.9 Å². The minimum Gasteiger partial charge on any atom is -0.618 e. The molecule has 6 aromatic rings. The van der Waals surface area contributed by atoms with Gasteiger partial charge in [0.05, 0.1) is 39.6 Å². The first-order valence-corrected chi connectivity index (χ1v) is 20.8. The van der Waals surface area contributed by atoms with E-state index in [9.17, 15) is 29.3 Å². The van der Waals surface area contributed by atoms with Gasteiger partial charge in [0.15, 0.2) is 18.5 Å². The fraction of sp³-hybridized carbons (Fsp3) is 0.244. The number of methoxy groups -OCH3 is 3. The summed E-state index contributed by atoms with van der Waals surface area (Å²) < 4.78 is 62.4. The lowest BCUT2D eigenvalue weighted by atomic mass is 9.80. The molecule has 0 aliphatic carbocycles. The highest BCUT2D eigenvalue weighted by molar-refractivity contribution is 7.38. The monoisotopic (exact) mass is 880 g/mol. The lowest BCUT2D eigenvalue weighted by Gasteiger charge is -2.37. The number of nitrogens with one attached hydrogen (secondary N) is 1. The summed E-state index contributed by atoms with van der Waals surface area (Å²) in [4.78, 5) is 41.6. The van der Waals surface area contributed by atoms with Gasteiger partial charge in [0, 0.05) is 18.3 Å². The summed E-state index contributed by atoms with van der Waals surface area (Å²) in [6, 6.07) is 35.7. The second-order valence-corrected chi connectivity index (χ2v) is 15.1. The quantitative estimate of drug-likeness (QED) is 0.0287. The van der Waals surface area contributed by atoms with Crippen molar-refractivity contribution >= 4 is 14.0 Å². The Labute approximate surface area is 361 Å². The standard InChI is InChI=1S/C45H42N3O14P/c1-55-33-18-14-31(15-19-33)45(30-12-8-5-9-13-30,32-16-20-34(56-2)21-17-32)59-27-37-39(58-28-63(54)62-43(51)36-26-35(57-3)22-25-48(36)53)40(61-42(50)29-10-6-4-7-11-29)41(60-37)47-24-23-38(49)46-44(47)52/h4-26,37,39-41,43,51H,27-28H2,1-3H3/p+1/t37-,39-,40-,41-,43?/m1/s1. The van der Waals surface area contributed by atoms with E-state index in [4.69, 9.17) is 37.7 Å². The summed E-state index contributed by atoms with van der Waals surface area (Å²) >= 11 is 0. The number of rotatable bonds is 18. The van der Waals surface area contributed by atoms with Gasteiger partial charge in [-0.25, -0.2) is 9.59 Å². The fourth-order valence-electron chi connectivity index (χ4n) is 7.20. The molecule has 0 saturated carbocycles. The van der Waals surface area contributed by atoms with Gasteiger partial charge in [0.2, 0.25) is 0 Å². The Hall–Kier alpha value is -6.72. The molecule has 4 aromatic carbocycles. The molecule has 17 nitrogen and oxygen atoms in total. The molecule has 0 spiro atoms. The van der Waals surface area contributed by atoms with Gasteiger partial charge in [-0.05, 0) is 57.7 Å². The molecule has 6 atom stereocenters. The van der Waals surface area contributed by atoms with E-state index in [1.165, 1.54) is 37.6 Å². The number of aliphatic hydroxyl groups is 1. The third kappa shape index (κ3) is 9.84. The van der Waals surface area contributed by atoms with Crippen LogP contribution in [0.25, 0.3) is 0 Å². The minimum atomic E-state index is -2.91. The minimum absolute atomic E-state index is 0.160. The predicted molar refractivity (Wildman–Crippen MR) is 224 cm³/mol. The van der Waals surface area contributed by atoms with Crippen molar-refractivity contribution in [1.29, 1.82) is 0 Å². The number of hydrogen-bond acceptors (Lipinski definition) is 14. The Morgan fingerprint density at radius 1 is 0.825 bits per heavy atom.